The molecule has 1 aliphatic rings. The molecule has 0 bridgehead atoms. The molecule has 1 amide bonds. The van der Waals surface area contributed by atoms with Crippen molar-refractivity contribution in [2.45, 2.75) is 24.9 Å². The summed E-state index contributed by atoms with van der Waals surface area (Å²) in [7, 11) is 1.61. The molecule has 1 aromatic carbocycles. The number of nitrogens with zero attached hydrogens (tertiary/aromatic N) is 5. The summed E-state index contributed by atoms with van der Waals surface area (Å²) in [6.45, 7) is 3.71. The van der Waals surface area contributed by atoms with E-state index < -0.39 is 0 Å². The molecule has 0 saturated carbocycles. The molecule has 2 aromatic rings. The first kappa shape index (κ1) is 15.8. The lowest BCUT2D eigenvalue weighted by Gasteiger charge is -2.14. The van der Waals surface area contributed by atoms with Crippen LogP contribution in [-0.2, 0) is 4.79 Å². The molecule has 0 aliphatic carbocycles. The monoisotopic (exact) mass is 333 g/mol. The molecule has 3 rings (SSSR count). The normalized spacial score (nSPS) is 14.3. The van der Waals surface area contributed by atoms with Crippen LogP contribution in [0.5, 0.6) is 5.75 Å². The summed E-state index contributed by atoms with van der Waals surface area (Å²) in [6, 6.07) is 5.81. The van der Waals surface area contributed by atoms with Gasteiger partial charge in [0.1, 0.15) is 11.4 Å². The number of rotatable bonds is 5. The first-order valence-corrected chi connectivity index (χ1v) is 8.51. The van der Waals surface area contributed by atoms with Gasteiger partial charge in [0.25, 0.3) is 0 Å². The van der Waals surface area contributed by atoms with Crippen molar-refractivity contribution in [1.29, 1.82) is 0 Å². The van der Waals surface area contributed by atoms with E-state index in [1.165, 1.54) is 11.8 Å². The largest absolute Gasteiger partial charge is 0.494 e. The van der Waals surface area contributed by atoms with E-state index in [1.54, 1.807) is 11.8 Å². The van der Waals surface area contributed by atoms with E-state index >= 15 is 0 Å². The quantitative estimate of drug-likeness (QED) is 0.775. The Morgan fingerprint density at radius 1 is 1.35 bits per heavy atom. The van der Waals surface area contributed by atoms with Crippen LogP contribution in [0.2, 0.25) is 0 Å². The highest BCUT2D eigenvalue weighted by atomic mass is 32.2. The molecular weight excluding hydrogens is 314 g/mol. The zero-order valence-corrected chi connectivity index (χ0v) is 14.0. The third kappa shape index (κ3) is 3.47. The van der Waals surface area contributed by atoms with Gasteiger partial charge in [-0.25, -0.2) is 0 Å². The van der Waals surface area contributed by atoms with E-state index in [0.29, 0.717) is 16.7 Å². The molecule has 122 valence electrons. The second-order valence-corrected chi connectivity index (χ2v) is 6.37. The van der Waals surface area contributed by atoms with Crippen LogP contribution in [0, 0.1) is 6.92 Å². The number of aromatic nitrogens is 4. The second kappa shape index (κ2) is 6.99. The predicted molar refractivity (Wildman–Crippen MR) is 87.0 cm³/mol. The van der Waals surface area contributed by atoms with Gasteiger partial charge in [0.15, 0.2) is 0 Å². The fourth-order valence-corrected chi connectivity index (χ4v) is 3.36. The number of thioether (sulfide) groups is 1. The minimum absolute atomic E-state index is 0.137. The van der Waals surface area contributed by atoms with Crippen molar-refractivity contribution in [1.82, 2.24) is 25.1 Å². The number of hydrogen-bond acceptors (Lipinski definition) is 6. The van der Waals surface area contributed by atoms with Crippen molar-refractivity contribution in [3.05, 3.63) is 23.8 Å². The van der Waals surface area contributed by atoms with Crippen LogP contribution >= 0.6 is 11.8 Å². The number of hydrogen-bond donors (Lipinski definition) is 0. The molecule has 0 atom stereocenters. The predicted octanol–water partition coefficient (Wildman–Crippen LogP) is 1.69. The topological polar surface area (TPSA) is 73.1 Å². The molecule has 0 spiro atoms. The van der Waals surface area contributed by atoms with Gasteiger partial charge in [0.2, 0.25) is 11.1 Å². The number of amides is 1. The highest BCUT2D eigenvalue weighted by molar-refractivity contribution is 7.99. The Hall–Kier alpha value is -2.09. The number of methoxy groups -OCH3 is 1. The molecule has 7 nitrogen and oxygen atoms in total. The molecule has 1 aromatic heterocycles. The van der Waals surface area contributed by atoms with Gasteiger partial charge in [-0.15, -0.1) is 5.10 Å². The zero-order chi connectivity index (χ0) is 16.2. The number of benzene rings is 1. The van der Waals surface area contributed by atoms with E-state index in [9.17, 15) is 4.79 Å². The minimum atomic E-state index is 0.137. The third-order valence-electron chi connectivity index (χ3n) is 3.79. The summed E-state index contributed by atoms with van der Waals surface area (Å²) in [5.41, 5.74) is 1.86. The summed E-state index contributed by atoms with van der Waals surface area (Å²) in [5.74, 6) is 1.17. The maximum absolute atomic E-state index is 12.2. The Morgan fingerprint density at radius 2 is 2.13 bits per heavy atom. The van der Waals surface area contributed by atoms with Gasteiger partial charge in [-0.1, -0.05) is 17.8 Å². The highest BCUT2D eigenvalue weighted by Gasteiger charge is 2.20. The van der Waals surface area contributed by atoms with Crippen molar-refractivity contribution < 1.29 is 9.53 Å². The fourth-order valence-electron chi connectivity index (χ4n) is 2.57. The number of aryl methyl sites for hydroxylation is 1. The van der Waals surface area contributed by atoms with E-state index in [4.69, 9.17) is 4.74 Å². The molecule has 1 aliphatic heterocycles. The Morgan fingerprint density at radius 3 is 2.87 bits per heavy atom. The van der Waals surface area contributed by atoms with Crippen LogP contribution in [0.4, 0.5) is 0 Å². The molecule has 0 radical (unpaired) electrons. The Balaban J connectivity index is 1.77. The Labute approximate surface area is 139 Å². The molecule has 0 N–H and O–H groups in total. The number of tetrazole rings is 1. The number of carbonyl (C=O) groups is 1. The van der Waals surface area contributed by atoms with Gasteiger partial charge < -0.3 is 9.64 Å². The third-order valence-corrected chi connectivity index (χ3v) is 4.69. The van der Waals surface area contributed by atoms with E-state index in [2.05, 4.69) is 15.5 Å². The van der Waals surface area contributed by atoms with Crippen LogP contribution in [0.3, 0.4) is 0 Å². The van der Waals surface area contributed by atoms with Gasteiger partial charge in [0.05, 0.1) is 12.9 Å². The summed E-state index contributed by atoms with van der Waals surface area (Å²) in [4.78, 5) is 14.1. The molecule has 1 fully saturated rings. The summed E-state index contributed by atoms with van der Waals surface area (Å²) in [6.07, 6.45) is 2.18. The lowest BCUT2D eigenvalue weighted by Crippen LogP contribution is -2.29. The maximum atomic E-state index is 12.2. The van der Waals surface area contributed by atoms with Crippen LogP contribution in [0.25, 0.3) is 5.69 Å². The lowest BCUT2D eigenvalue weighted by molar-refractivity contribution is -0.127. The van der Waals surface area contributed by atoms with Crippen molar-refractivity contribution in [3.63, 3.8) is 0 Å². The van der Waals surface area contributed by atoms with Crippen molar-refractivity contribution in [2.75, 3.05) is 26.0 Å². The Kier molecular flexibility index (Phi) is 4.80. The average Bonchev–Trinajstić information content (AvgIpc) is 3.24. The fraction of sp³-hybridized carbons (Fsp3) is 0.467. The van der Waals surface area contributed by atoms with E-state index in [-0.39, 0.29) is 5.91 Å². The Bertz CT molecular complexity index is 697. The molecular formula is C15H19N5O2S. The smallest absolute Gasteiger partial charge is 0.233 e. The van der Waals surface area contributed by atoms with Crippen LogP contribution in [-0.4, -0.2) is 57.0 Å². The van der Waals surface area contributed by atoms with Gasteiger partial charge in [-0.05, 0) is 47.9 Å². The van der Waals surface area contributed by atoms with Crippen LogP contribution in [0.1, 0.15) is 18.4 Å². The second-order valence-electron chi connectivity index (χ2n) is 5.43. The van der Waals surface area contributed by atoms with Crippen molar-refractivity contribution in [2.24, 2.45) is 0 Å². The number of carbonyl (C=O) groups excluding carboxylic acids is 1. The standard InChI is InChI=1S/C15H19N5O2S/c1-11-5-6-13(22-2)12(9-11)20-15(16-17-18-20)23-10-14(21)19-7-3-4-8-19/h5-6,9H,3-4,7-8,10H2,1-2H3. The minimum Gasteiger partial charge on any atom is -0.494 e. The van der Waals surface area contributed by atoms with E-state index in [0.717, 1.165) is 37.2 Å². The highest BCUT2D eigenvalue weighted by Crippen LogP contribution is 2.27. The molecule has 0 unspecified atom stereocenters. The van der Waals surface area contributed by atoms with Gasteiger partial charge in [0, 0.05) is 13.1 Å². The first-order valence-electron chi connectivity index (χ1n) is 7.53. The summed E-state index contributed by atoms with van der Waals surface area (Å²) < 4.78 is 7.00. The van der Waals surface area contributed by atoms with Crippen LogP contribution in [0.15, 0.2) is 23.4 Å². The van der Waals surface area contributed by atoms with Gasteiger partial charge in [-0.2, -0.15) is 4.68 Å². The lowest BCUT2D eigenvalue weighted by atomic mass is 10.2. The zero-order valence-electron chi connectivity index (χ0n) is 13.2. The first-order chi connectivity index (χ1) is 11.2. The van der Waals surface area contributed by atoms with E-state index in [1.807, 2.05) is 30.0 Å². The van der Waals surface area contributed by atoms with Gasteiger partial charge >= 0.3 is 0 Å². The van der Waals surface area contributed by atoms with Gasteiger partial charge in [-0.3, -0.25) is 4.79 Å². The molecule has 8 heteroatoms. The van der Waals surface area contributed by atoms with Crippen molar-refractivity contribution in [3.8, 4) is 11.4 Å². The molecule has 23 heavy (non-hydrogen) atoms. The summed E-state index contributed by atoms with van der Waals surface area (Å²) >= 11 is 1.35. The number of ether oxygens (including phenoxy) is 1. The average molecular weight is 333 g/mol. The van der Waals surface area contributed by atoms with Crippen molar-refractivity contribution >= 4 is 17.7 Å². The SMILES string of the molecule is COc1ccc(C)cc1-n1nnnc1SCC(=O)N1CCCC1. The summed E-state index contributed by atoms with van der Waals surface area (Å²) in [5, 5.41) is 12.4. The number of likely N-dealkylation sites (tertiary alicyclic amines) is 1. The molecule has 1 saturated heterocycles. The maximum Gasteiger partial charge on any atom is 0.233 e. The molecule has 2 heterocycles. The van der Waals surface area contributed by atoms with Crippen LogP contribution < -0.4 is 4.74 Å².